The van der Waals surface area contributed by atoms with E-state index in [4.69, 9.17) is 9.47 Å². The highest BCUT2D eigenvalue weighted by molar-refractivity contribution is 5.68. The van der Waals surface area contributed by atoms with Gasteiger partial charge in [0.05, 0.1) is 12.6 Å². The number of nitrogens with zero attached hydrogens (tertiary/aromatic N) is 5. The second kappa shape index (κ2) is 7.72. The lowest BCUT2D eigenvalue weighted by Gasteiger charge is -2.28. The summed E-state index contributed by atoms with van der Waals surface area (Å²) < 4.78 is 12.9. The van der Waals surface area contributed by atoms with Crippen molar-refractivity contribution in [2.75, 3.05) is 6.54 Å². The van der Waals surface area contributed by atoms with E-state index in [9.17, 15) is 4.79 Å². The van der Waals surface area contributed by atoms with Crippen molar-refractivity contribution in [2.45, 2.75) is 58.4 Å². The Balaban J connectivity index is 1.62. The molecule has 0 bridgehead atoms. The quantitative estimate of drug-likeness (QED) is 0.816. The van der Waals surface area contributed by atoms with Gasteiger partial charge in [0.2, 0.25) is 0 Å². The van der Waals surface area contributed by atoms with Gasteiger partial charge in [-0.3, -0.25) is 0 Å². The van der Waals surface area contributed by atoms with Crippen LogP contribution >= 0.6 is 0 Å². The van der Waals surface area contributed by atoms with E-state index in [2.05, 4.69) is 15.5 Å². The predicted molar refractivity (Wildman–Crippen MR) is 94.6 cm³/mol. The molecule has 8 heteroatoms. The molecular weight excluding hydrogens is 334 g/mol. The van der Waals surface area contributed by atoms with E-state index >= 15 is 0 Å². The van der Waals surface area contributed by atoms with Crippen LogP contribution in [-0.4, -0.2) is 49.4 Å². The summed E-state index contributed by atoms with van der Waals surface area (Å²) >= 11 is 0. The van der Waals surface area contributed by atoms with Crippen molar-refractivity contribution in [3.8, 4) is 6.01 Å². The molecule has 1 fully saturated rings. The summed E-state index contributed by atoms with van der Waals surface area (Å²) in [6, 6.07) is 10.2. The standard InChI is InChI=1S/C18H25N5O3/c1-18(2,3)26-17(24)22-11-7-10-15(22)12-23-16(19-20-21-23)25-13-14-8-5-4-6-9-14/h4-6,8-9,15H,7,10-13H2,1-3H3. The summed E-state index contributed by atoms with van der Waals surface area (Å²) in [5.41, 5.74) is 0.529. The molecule has 1 saturated heterocycles. The topological polar surface area (TPSA) is 82.4 Å². The summed E-state index contributed by atoms with van der Waals surface area (Å²) in [7, 11) is 0. The highest BCUT2D eigenvalue weighted by Gasteiger charge is 2.33. The van der Waals surface area contributed by atoms with Gasteiger partial charge in [-0.05, 0) is 49.6 Å². The van der Waals surface area contributed by atoms with Gasteiger partial charge in [0.15, 0.2) is 0 Å². The third-order valence-corrected chi connectivity index (χ3v) is 4.10. The first-order chi connectivity index (χ1) is 12.4. The molecule has 1 aromatic carbocycles. The number of benzene rings is 1. The summed E-state index contributed by atoms with van der Waals surface area (Å²) in [5, 5.41) is 11.7. The van der Waals surface area contributed by atoms with Crippen molar-refractivity contribution in [1.82, 2.24) is 25.1 Å². The maximum absolute atomic E-state index is 12.4. The van der Waals surface area contributed by atoms with Crippen molar-refractivity contribution in [3.05, 3.63) is 35.9 Å². The van der Waals surface area contributed by atoms with E-state index in [-0.39, 0.29) is 12.1 Å². The molecule has 0 saturated carbocycles. The van der Waals surface area contributed by atoms with Crippen molar-refractivity contribution in [1.29, 1.82) is 0 Å². The molecule has 1 aliphatic rings. The van der Waals surface area contributed by atoms with Gasteiger partial charge in [-0.2, -0.15) is 4.68 Å². The molecule has 0 N–H and O–H groups in total. The molecule has 0 spiro atoms. The number of carbonyl (C=O) groups excluding carboxylic acids is 1. The molecule has 140 valence electrons. The molecule has 0 aliphatic carbocycles. The minimum atomic E-state index is -0.511. The van der Waals surface area contributed by atoms with Crippen molar-refractivity contribution in [2.24, 2.45) is 0 Å². The van der Waals surface area contributed by atoms with Crippen LogP contribution < -0.4 is 4.74 Å². The first kappa shape index (κ1) is 18.2. The van der Waals surface area contributed by atoms with Gasteiger partial charge in [0, 0.05) is 6.54 Å². The number of hydrogen-bond donors (Lipinski definition) is 0. The van der Waals surface area contributed by atoms with Crippen LogP contribution in [0.25, 0.3) is 0 Å². The molecule has 1 atom stereocenters. The van der Waals surface area contributed by atoms with E-state index in [0.29, 0.717) is 25.7 Å². The van der Waals surface area contributed by atoms with Crippen LogP contribution in [0.4, 0.5) is 4.79 Å². The number of amides is 1. The third kappa shape index (κ3) is 4.71. The summed E-state index contributed by atoms with van der Waals surface area (Å²) in [4.78, 5) is 14.2. The lowest BCUT2D eigenvalue weighted by molar-refractivity contribution is 0.0208. The Morgan fingerprint density at radius 1 is 1.27 bits per heavy atom. The number of hydrogen-bond acceptors (Lipinski definition) is 6. The zero-order valence-electron chi connectivity index (χ0n) is 15.5. The van der Waals surface area contributed by atoms with E-state index in [1.807, 2.05) is 51.1 Å². The number of rotatable bonds is 5. The Hall–Kier alpha value is -2.64. The van der Waals surface area contributed by atoms with Gasteiger partial charge in [0.1, 0.15) is 12.2 Å². The fourth-order valence-corrected chi connectivity index (χ4v) is 2.92. The molecular formula is C18H25N5O3. The number of tetrazole rings is 1. The molecule has 3 rings (SSSR count). The smallest absolute Gasteiger partial charge is 0.410 e. The number of carbonyl (C=O) groups is 1. The highest BCUT2D eigenvalue weighted by Crippen LogP contribution is 2.23. The Morgan fingerprint density at radius 3 is 2.77 bits per heavy atom. The first-order valence-corrected chi connectivity index (χ1v) is 8.85. The monoisotopic (exact) mass is 359 g/mol. The van der Waals surface area contributed by atoms with Crippen LogP contribution in [0.5, 0.6) is 6.01 Å². The number of ether oxygens (including phenoxy) is 2. The maximum atomic E-state index is 12.4. The van der Waals surface area contributed by atoms with Crippen LogP contribution in [0.3, 0.4) is 0 Å². The van der Waals surface area contributed by atoms with Crippen LogP contribution in [0.2, 0.25) is 0 Å². The van der Waals surface area contributed by atoms with E-state index in [1.165, 1.54) is 0 Å². The lowest BCUT2D eigenvalue weighted by Crippen LogP contribution is -2.41. The van der Waals surface area contributed by atoms with Gasteiger partial charge in [-0.15, -0.1) is 0 Å². The second-order valence-electron chi connectivity index (χ2n) is 7.39. The Kier molecular flexibility index (Phi) is 5.39. The van der Waals surface area contributed by atoms with Crippen LogP contribution in [0.15, 0.2) is 30.3 Å². The average molecular weight is 359 g/mol. The highest BCUT2D eigenvalue weighted by atomic mass is 16.6. The molecule has 1 amide bonds. The lowest BCUT2D eigenvalue weighted by atomic mass is 10.2. The minimum Gasteiger partial charge on any atom is -0.458 e. The maximum Gasteiger partial charge on any atom is 0.410 e. The zero-order chi connectivity index (χ0) is 18.6. The van der Waals surface area contributed by atoms with Crippen molar-refractivity contribution < 1.29 is 14.3 Å². The van der Waals surface area contributed by atoms with E-state index in [1.54, 1.807) is 9.58 Å². The molecule has 2 heterocycles. The fraction of sp³-hybridized carbons (Fsp3) is 0.556. The molecule has 1 aromatic heterocycles. The van der Waals surface area contributed by atoms with Crippen LogP contribution in [-0.2, 0) is 17.9 Å². The largest absolute Gasteiger partial charge is 0.458 e. The third-order valence-electron chi connectivity index (χ3n) is 4.10. The molecule has 8 nitrogen and oxygen atoms in total. The molecule has 26 heavy (non-hydrogen) atoms. The number of aromatic nitrogens is 4. The predicted octanol–water partition coefficient (Wildman–Crippen LogP) is 2.65. The van der Waals surface area contributed by atoms with E-state index < -0.39 is 5.60 Å². The molecule has 0 radical (unpaired) electrons. The fourth-order valence-electron chi connectivity index (χ4n) is 2.92. The Bertz CT molecular complexity index is 726. The van der Waals surface area contributed by atoms with Gasteiger partial charge < -0.3 is 14.4 Å². The Morgan fingerprint density at radius 2 is 2.04 bits per heavy atom. The SMILES string of the molecule is CC(C)(C)OC(=O)N1CCCC1Cn1nnnc1OCc1ccccc1. The average Bonchev–Trinajstić information content (AvgIpc) is 3.22. The van der Waals surface area contributed by atoms with E-state index in [0.717, 1.165) is 18.4 Å². The molecule has 1 aliphatic heterocycles. The molecule has 2 aromatic rings. The summed E-state index contributed by atoms with van der Waals surface area (Å²) in [6.07, 6.45) is 1.53. The van der Waals surface area contributed by atoms with Crippen molar-refractivity contribution >= 4 is 6.09 Å². The summed E-state index contributed by atoms with van der Waals surface area (Å²) in [5.74, 6) is 0. The van der Waals surface area contributed by atoms with Crippen molar-refractivity contribution in [3.63, 3.8) is 0 Å². The van der Waals surface area contributed by atoms with Gasteiger partial charge in [0.25, 0.3) is 0 Å². The second-order valence-corrected chi connectivity index (χ2v) is 7.39. The first-order valence-electron chi connectivity index (χ1n) is 8.85. The Labute approximate surface area is 153 Å². The number of likely N-dealkylation sites (tertiary alicyclic amines) is 1. The normalized spacial score (nSPS) is 17.3. The zero-order valence-corrected chi connectivity index (χ0v) is 15.5. The van der Waals surface area contributed by atoms with Crippen LogP contribution in [0.1, 0.15) is 39.2 Å². The van der Waals surface area contributed by atoms with Gasteiger partial charge >= 0.3 is 12.1 Å². The van der Waals surface area contributed by atoms with Gasteiger partial charge in [-0.1, -0.05) is 35.4 Å². The van der Waals surface area contributed by atoms with Crippen LogP contribution in [0, 0.1) is 0 Å². The minimum absolute atomic E-state index is 0.00701. The van der Waals surface area contributed by atoms with Gasteiger partial charge in [-0.25, -0.2) is 4.79 Å². The molecule has 1 unspecified atom stereocenters. The summed E-state index contributed by atoms with van der Waals surface area (Å²) in [6.45, 7) is 7.16.